The summed E-state index contributed by atoms with van der Waals surface area (Å²) in [7, 11) is 0. The molecule has 1 aliphatic rings. The summed E-state index contributed by atoms with van der Waals surface area (Å²) in [6.45, 7) is 5.16. The summed E-state index contributed by atoms with van der Waals surface area (Å²) in [6, 6.07) is 7.17. The Kier molecular flexibility index (Phi) is 4.63. The summed E-state index contributed by atoms with van der Waals surface area (Å²) in [6.07, 6.45) is 0.102. The number of hydrogen-bond donors (Lipinski definition) is 0. The quantitative estimate of drug-likeness (QED) is 0.807. The Bertz CT molecular complexity index is 676. The highest BCUT2D eigenvalue weighted by Gasteiger charge is 2.26. The molecule has 1 aromatic carbocycles. The van der Waals surface area contributed by atoms with E-state index in [1.54, 1.807) is 12.1 Å². The van der Waals surface area contributed by atoms with E-state index in [2.05, 4.69) is 10.1 Å². The monoisotopic (exact) mass is 335 g/mol. The first-order valence-electron chi connectivity index (χ1n) is 7.50. The van der Waals surface area contributed by atoms with E-state index in [-0.39, 0.29) is 24.0 Å². The number of nitrogens with zero attached hydrogens (tertiary/aromatic N) is 3. The fourth-order valence-electron chi connectivity index (χ4n) is 2.71. The van der Waals surface area contributed by atoms with E-state index in [4.69, 9.17) is 20.9 Å². The SMILES string of the molecule is C[C@H]1CN(C(=O)c2ccc(-c3noc(CCl)n3)cc2)C[C@H](C)O1. The molecule has 0 saturated carbocycles. The number of carbonyl (C=O) groups is 1. The fourth-order valence-corrected chi connectivity index (χ4v) is 2.82. The molecule has 122 valence electrons. The van der Waals surface area contributed by atoms with Crippen molar-refractivity contribution in [3.63, 3.8) is 0 Å². The molecule has 6 nitrogen and oxygen atoms in total. The predicted molar refractivity (Wildman–Crippen MR) is 85.2 cm³/mol. The van der Waals surface area contributed by atoms with Crippen molar-refractivity contribution in [3.8, 4) is 11.4 Å². The van der Waals surface area contributed by atoms with Crippen LogP contribution in [0.1, 0.15) is 30.1 Å². The van der Waals surface area contributed by atoms with Crippen molar-refractivity contribution in [1.29, 1.82) is 0 Å². The molecule has 2 heterocycles. The van der Waals surface area contributed by atoms with E-state index in [0.29, 0.717) is 30.4 Å². The molecular formula is C16H18ClN3O3. The van der Waals surface area contributed by atoms with Crippen LogP contribution in [0, 0.1) is 0 Å². The van der Waals surface area contributed by atoms with Crippen molar-refractivity contribution in [3.05, 3.63) is 35.7 Å². The van der Waals surface area contributed by atoms with Crippen molar-refractivity contribution >= 4 is 17.5 Å². The Morgan fingerprint density at radius 2 is 1.91 bits per heavy atom. The average molecular weight is 336 g/mol. The van der Waals surface area contributed by atoms with E-state index < -0.39 is 0 Å². The van der Waals surface area contributed by atoms with Crippen LogP contribution in [-0.4, -0.2) is 46.2 Å². The molecule has 1 aliphatic heterocycles. The summed E-state index contributed by atoms with van der Waals surface area (Å²) in [5.74, 6) is 1.02. The van der Waals surface area contributed by atoms with Gasteiger partial charge in [-0.15, -0.1) is 11.6 Å². The zero-order valence-electron chi connectivity index (χ0n) is 13.0. The van der Waals surface area contributed by atoms with Crippen LogP contribution >= 0.6 is 11.6 Å². The number of morpholine rings is 1. The van der Waals surface area contributed by atoms with Gasteiger partial charge in [0.05, 0.1) is 12.2 Å². The molecule has 2 atom stereocenters. The number of ether oxygens (including phenoxy) is 1. The number of aromatic nitrogens is 2. The summed E-state index contributed by atoms with van der Waals surface area (Å²) in [4.78, 5) is 18.6. The van der Waals surface area contributed by atoms with Gasteiger partial charge in [-0.25, -0.2) is 0 Å². The first-order chi connectivity index (χ1) is 11.1. The molecule has 0 unspecified atom stereocenters. The van der Waals surface area contributed by atoms with Gasteiger partial charge < -0.3 is 14.2 Å². The summed E-state index contributed by atoms with van der Waals surface area (Å²) in [5.41, 5.74) is 1.42. The van der Waals surface area contributed by atoms with Crippen molar-refractivity contribution in [2.75, 3.05) is 13.1 Å². The largest absolute Gasteiger partial charge is 0.372 e. The number of rotatable bonds is 3. The molecular weight excluding hydrogens is 318 g/mol. The van der Waals surface area contributed by atoms with Crippen LogP contribution in [-0.2, 0) is 10.6 Å². The first-order valence-corrected chi connectivity index (χ1v) is 8.04. The Hall–Kier alpha value is -1.92. The molecule has 0 spiro atoms. The van der Waals surface area contributed by atoms with E-state index in [1.807, 2.05) is 30.9 Å². The standard InChI is InChI=1S/C16H18ClN3O3/c1-10-8-20(9-11(2)22-10)16(21)13-5-3-12(4-6-13)15-18-14(7-17)23-19-15/h3-6,10-11H,7-9H2,1-2H3/t10-,11-/m0/s1. The summed E-state index contributed by atoms with van der Waals surface area (Å²) in [5, 5.41) is 3.86. The molecule has 0 bridgehead atoms. The van der Waals surface area contributed by atoms with Crippen molar-refractivity contribution in [2.45, 2.75) is 31.9 Å². The molecule has 0 radical (unpaired) electrons. The lowest BCUT2D eigenvalue weighted by atomic mass is 10.1. The molecule has 1 saturated heterocycles. The zero-order valence-corrected chi connectivity index (χ0v) is 13.8. The minimum atomic E-state index is 0.00751. The normalized spacial score (nSPS) is 21.4. The summed E-state index contributed by atoms with van der Waals surface area (Å²) >= 11 is 5.65. The Morgan fingerprint density at radius 1 is 1.26 bits per heavy atom. The second-order valence-electron chi connectivity index (χ2n) is 5.69. The predicted octanol–water partition coefficient (Wildman–Crippen LogP) is 2.72. The van der Waals surface area contributed by atoms with Crippen LogP contribution in [0.25, 0.3) is 11.4 Å². The molecule has 2 aromatic rings. The van der Waals surface area contributed by atoms with Gasteiger partial charge >= 0.3 is 0 Å². The molecule has 1 amide bonds. The van der Waals surface area contributed by atoms with Crippen molar-refractivity contribution < 1.29 is 14.1 Å². The van der Waals surface area contributed by atoms with E-state index in [0.717, 1.165) is 5.56 Å². The van der Waals surface area contributed by atoms with Crippen LogP contribution in [0.5, 0.6) is 0 Å². The molecule has 7 heteroatoms. The number of amides is 1. The van der Waals surface area contributed by atoms with Gasteiger partial charge in [-0.05, 0) is 26.0 Å². The van der Waals surface area contributed by atoms with Gasteiger partial charge in [0, 0.05) is 24.2 Å². The highest BCUT2D eigenvalue weighted by molar-refractivity contribution is 6.16. The van der Waals surface area contributed by atoms with Crippen LogP contribution < -0.4 is 0 Å². The highest BCUT2D eigenvalue weighted by atomic mass is 35.5. The minimum Gasteiger partial charge on any atom is -0.372 e. The second-order valence-corrected chi connectivity index (χ2v) is 5.96. The maximum atomic E-state index is 12.6. The minimum absolute atomic E-state index is 0.00751. The lowest BCUT2D eigenvalue weighted by Crippen LogP contribution is -2.48. The molecule has 3 rings (SSSR count). The van der Waals surface area contributed by atoms with Gasteiger partial charge in [-0.3, -0.25) is 4.79 Å². The second kappa shape index (κ2) is 6.68. The molecule has 1 fully saturated rings. The lowest BCUT2D eigenvalue weighted by molar-refractivity contribution is -0.0586. The van der Waals surface area contributed by atoms with Crippen LogP contribution in [0.3, 0.4) is 0 Å². The number of alkyl halides is 1. The van der Waals surface area contributed by atoms with Gasteiger partial charge in [-0.1, -0.05) is 17.3 Å². The van der Waals surface area contributed by atoms with Crippen LogP contribution in [0.15, 0.2) is 28.8 Å². The van der Waals surface area contributed by atoms with Gasteiger partial charge in [-0.2, -0.15) is 4.98 Å². The van der Waals surface area contributed by atoms with Gasteiger partial charge in [0.25, 0.3) is 5.91 Å². The lowest BCUT2D eigenvalue weighted by Gasteiger charge is -2.35. The van der Waals surface area contributed by atoms with E-state index >= 15 is 0 Å². The van der Waals surface area contributed by atoms with Crippen molar-refractivity contribution in [1.82, 2.24) is 15.0 Å². The van der Waals surface area contributed by atoms with Gasteiger partial charge in [0.2, 0.25) is 11.7 Å². The Balaban J connectivity index is 1.75. The van der Waals surface area contributed by atoms with Gasteiger partial charge in [0.1, 0.15) is 5.88 Å². The average Bonchev–Trinajstić information content (AvgIpc) is 3.02. The summed E-state index contributed by atoms with van der Waals surface area (Å²) < 4.78 is 10.6. The number of halogens is 1. The van der Waals surface area contributed by atoms with Crippen LogP contribution in [0.4, 0.5) is 0 Å². The number of hydrogen-bond acceptors (Lipinski definition) is 5. The van der Waals surface area contributed by atoms with E-state index in [9.17, 15) is 4.79 Å². The molecule has 0 aliphatic carbocycles. The number of carbonyl (C=O) groups excluding carboxylic acids is 1. The zero-order chi connectivity index (χ0) is 16.4. The highest BCUT2D eigenvalue weighted by Crippen LogP contribution is 2.19. The smallest absolute Gasteiger partial charge is 0.254 e. The van der Waals surface area contributed by atoms with E-state index in [1.165, 1.54) is 0 Å². The maximum absolute atomic E-state index is 12.6. The fraction of sp³-hybridized carbons (Fsp3) is 0.438. The third kappa shape index (κ3) is 3.54. The Morgan fingerprint density at radius 3 is 2.48 bits per heavy atom. The Labute approximate surface area is 139 Å². The molecule has 1 aromatic heterocycles. The molecule has 0 N–H and O–H groups in total. The maximum Gasteiger partial charge on any atom is 0.254 e. The number of benzene rings is 1. The van der Waals surface area contributed by atoms with Crippen LogP contribution in [0.2, 0.25) is 0 Å². The van der Waals surface area contributed by atoms with Gasteiger partial charge in [0.15, 0.2) is 0 Å². The topological polar surface area (TPSA) is 68.5 Å². The van der Waals surface area contributed by atoms with Crippen molar-refractivity contribution in [2.24, 2.45) is 0 Å². The third-order valence-corrected chi connectivity index (χ3v) is 3.91. The molecule has 23 heavy (non-hydrogen) atoms. The third-order valence-electron chi connectivity index (χ3n) is 3.68. The first kappa shape index (κ1) is 16.0.